The molecule has 4 rings (SSSR count). The second kappa shape index (κ2) is 11.4. The van der Waals surface area contributed by atoms with Gasteiger partial charge < -0.3 is 24.8 Å². The van der Waals surface area contributed by atoms with Crippen molar-refractivity contribution in [2.24, 2.45) is 0 Å². The van der Waals surface area contributed by atoms with Crippen LogP contribution in [0.4, 0.5) is 5.69 Å². The molecule has 0 fully saturated rings. The van der Waals surface area contributed by atoms with E-state index in [1.807, 2.05) is 12.1 Å². The van der Waals surface area contributed by atoms with Gasteiger partial charge in [0.1, 0.15) is 34.4 Å². The van der Waals surface area contributed by atoms with Crippen molar-refractivity contribution in [1.82, 2.24) is 25.3 Å². The van der Waals surface area contributed by atoms with E-state index >= 15 is 0 Å². The molecule has 208 valence electrons. The van der Waals surface area contributed by atoms with Crippen molar-refractivity contribution in [1.29, 1.82) is 0 Å². The van der Waals surface area contributed by atoms with E-state index in [-0.39, 0.29) is 22.7 Å². The Kier molecular flexibility index (Phi) is 8.03. The lowest BCUT2D eigenvalue weighted by Crippen LogP contribution is -2.19. The summed E-state index contributed by atoms with van der Waals surface area (Å²) in [5.74, 6) is 1.32. The SMILES string of the molecule is CNC(=O)c1cc(Oc2cc(NC(=O)c3nnn(-c4cc(OC)ccc4OC)c3C)cc(C(C)(C)C)c2)ccn1. The number of hydrogen-bond acceptors (Lipinski definition) is 8. The van der Waals surface area contributed by atoms with Gasteiger partial charge in [-0.1, -0.05) is 26.0 Å². The summed E-state index contributed by atoms with van der Waals surface area (Å²) < 4.78 is 18.4. The molecule has 0 saturated carbocycles. The Morgan fingerprint density at radius 2 is 1.68 bits per heavy atom. The van der Waals surface area contributed by atoms with Crippen molar-refractivity contribution in [2.75, 3.05) is 26.6 Å². The molecular formula is C29H32N6O5. The second-order valence-electron chi connectivity index (χ2n) is 9.98. The maximum absolute atomic E-state index is 13.4. The topological polar surface area (TPSA) is 129 Å². The summed E-state index contributed by atoms with van der Waals surface area (Å²) in [7, 11) is 4.66. The monoisotopic (exact) mass is 544 g/mol. The number of benzene rings is 2. The van der Waals surface area contributed by atoms with Gasteiger partial charge in [0.25, 0.3) is 11.8 Å². The molecule has 0 aliphatic heterocycles. The number of methoxy groups -OCH3 is 2. The zero-order chi connectivity index (χ0) is 29.0. The van der Waals surface area contributed by atoms with Crippen molar-refractivity contribution in [3.63, 3.8) is 0 Å². The Morgan fingerprint density at radius 1 is 0.900 bits per heavy atom. The summed E-state index contributed by atoms with van der Waals surface area (Å²) >= 11 is 0. The van der Waals surface area contributed by atoms with Crippen LogP contribution in [0.25, 0.3) is 5.69 Å². The summed E-state index contributed by atoms with van der Waals surface area (Å²) in [6.07, 6.45) is 1.50. The number of carbonyl (C=O) groups excluding carboxylic acids is 2. The van der Waals surface area contributed by atoms with Gasteiger partial charge in [0.15, 0.2) is 5.69 Å². The first-order chi connectivity index (χ1) is 19.0. The highest BCUT2D eigenvalue weighted by Gasteiger charge is 2.22. The molecule has 0 atom stereocenters. The average Bonchev–Trinajstić information content (AvgIpc) is 3.32. The fourth-order valence-corrected chi connectivity index (χ4v) is 3.95. The molecule has 2 heterocycles. The molecule has 0 aliphatic carbocycles. The first-order valence-electron chi connectivity index (χ1n) is 12.5. The van der Waals surface area contributed by atoms with E-state index in [0.29, 0.717) is 40.1 Å². The Morgan fingerprint density at radius 3 is 2.35 bits per heavy atom. The van der Waals surface area contributed by atoms with Crippen LogP contribution in [0.2, 0.25) is 0 Å². The van der Waals surface area contributed by atoms with Crippen LogP contribution in [-0.2, 0) is 5.41 Å². The van der Waals surface area contributed by atoms with E-state index in [4.69, 9.17) is 14.2 Å². The largest absolute Gasteiger partial charge is 0.497 e. The Hall–Kier alpha value is -4.93. The third kappa shape index (κ3) is 6.04. The number of rotatable bonds is 8. The van der Waals surface area contributed by atoms with Crippen LogP contribution in [0.1, 0.15) is 53.0 Å². The molecule has 40 heavy (non-hydrogen) atoms. The van der Waals surface area contributed by atoms with Gasteiger partial charge in [-0.15, -0.1) is 5.10 Å². The number of nitrogens with one attached hydrogen (secondary N) is 2. The van der Waals surface area contributed by atoms with Gasteiger partial charge in [-0.3, -0.25) is 14.6 Å². The van der Waals surface area contributed by atoms with Gasteiger partial charge in [-0.05, 0) is 48.2 Å². The van der Waals surface area contributed by atoms with Crippen molar-refractivity contribution in [2.45, 2.75) is 33.1 Å². The number of aromatic nitrogens is 4. The number of hydrogen-bond donors (Lipinski definition) is 2. The smallest absolute Gasteiger partial charge is 0.278 e. The Labute approximate surface area is 232 Å². The second-order valence-corrected chi connectivity index (χ2v) is 9.98. The molecule has 11 heteroatoms. The first kappa shape index (κ1) is 28.1. The maximum Gasteiger partial charge on any atom is 0.278 e. The van der Waals surface area contributed by atoms with Crippen LogP contribution in [0, 0.1) is 6.92 Å². The van der Waals surface area contributed by atoms with Crippen LogP contribution in [0.5, 0.6) is 23.0 Å². The van der Waals surface area contributed by atoms with Gasteiger partial charge in [0, 0.05) is 37.1 Å². The number of anilines is 1. The van der Waals surface area contributed by atoms with Crippen molar-refractivity contribution in [3.8, 4) is 28.7 Å². The number of ether oxygens (including phenoxy) is 3. The summed E-state index contributed by atoms with van der Waals surface area (Å²) in [6, 6.07) is 14.0. The molecular weight excluding hydrogens is 512 g/mol. The van der Waals surface area contributed by atoms with Gasteiger partial charge in [0.05, 0.1) is 19.9 Å². The fraction of sp³-hybridized carbons (Fsp3) is 0.276. The van der Waals surface area contributed by atoms with E-state index in [0.717, 1.165) is 5.56 Å². The van der Waals surface area contributed by atoms with E-state index in [9.17, 15) is 9.59 Å². The number of carbonyl (C=O) groups is 2. The van der Waals surface area contributed by atoms with Gasteiger partial charge in [-0.2, -0.15) is 0 Å². The average molecular weight is 545 g/mol. The lowest BCUT2D eigenvalue weighted by Gasteiger charge is -2.21. The molecule has 0 spiro atoms. The zero-order valence-corrected chi connectivity index (χ0v) is 23.5. The summed E-state index contributed by atoms with van der Waals surface area (Å²) in [6.45, 7) is 7.93. The minimum absolute atomic E-state index is 0.151. The molecule has 0 bridgehead atoms. The molecule has 0 unspecified atom stereocenters. The van der Waals surface area contributed by atoms with Gasteiger partial charge in [-0.25, -0.2) is 4.68 Å². The van der Waals surface area contributed by atoms with E-state index in [2.05, 4.69) is 46.7 Å². The molecule has 2 N–H and O–H groups in total. The van der Waals surface area contributed by atoms with Crippen LogP contribution in [0.15, 0.2) is 54.7 Å². The highest BCUT2D eigenvalue weighted by molar-refractivity contribution is 6.03. The predicted octanol–water partition coefficient (Wildman–Crippen LogP) is 4.69. The lowest BCUT2D eigenvalue weighted by atomic mass is 9.86. The van der Waals surface area contributed by atoms with E-state index < -0.39 is 5.91 Å². The third-order valence-electron chi connectivity index (χ3n) is 6.18. The lowest BCUT2D eigenvalue weighted by molar-refractivity contribution is 0.0956. The maximum atomic E-state index is 13.4. The molecule has 0 aliphatic rings. The molecule has 2 aromatic carbocycles. The van der Waals surface area contributed by atoms with Crippen LogP contribution >= 0.6 is 0 Å². The number of nitrogens with zero attached hydrogens (tertiary/aromatic N) is 4. The Bertz CT molecular complexity index is 1560. The van der Waals surface area contributed by atoms with Crippen molar-refractivity contribution >= 4 is 17.5 Å². The van der Waals surface area contributed by atoms with Crippen LogP contribution in [-0.4, -0.2) is 53.1 Å². The van der Waals surface area contributed by atoms with E-state index in [1.54, 1.807) is 57.5 Å². The quantitative estimate of drug-likeness (QED) is 0.327. The van der Waals surface area contributed by atoms with Crippen molar-refractivity contribution < 1.29 is 23.8 Å². The number of pyridine rings is 1. The highest BCUT2D eigenvalue weighted by atomic mass is 16.5. The fourth-order valence-electron chi connectivity index (χ4n) is 3.95. The van der Waals surface area contributed by atoms with Crippen molar-refractivity contribution in [3.05, 3.63) is 77.4 Å². The van der Waals surface area contributed by atoms with Crippen LogP contribution in [0.3, 0.4) is 0 Å². The first-order valence-corrected chi connectivity index (χ1v) is 12.5. The standard InChI is InChI=1S/C29H32N6O5/c1-17-26(33-34-35(17)24-16-20(38-6)8-9-25(24)39-7)28(37)32-19-12-18(29(2,3)4)13-22(14-19)40-21-10-11-31-23(15-21)27(36)30-5/h8-16H,1-7H3,(H,30,36)(H,32,37). The van der Waals surface area contributed by atoms with Gasteiger partial charge >= 0.3 is 0 Å². The minimum atomic E-state index is -0.437. The van der Waals surface area contributed by atoms with Crippen LogP contribution < -0.4 is 24.8 Å². The van der Waals surface area contributed by atoms with E-state index in [1.165, 1.54) is 17.9 Å². The molecule has 4 aromatic rings. The molecule has 0 radical (unpaired) electrons. The molecule has 2 amide bonds. The molecule has 0 saturated heterocycles. The number of amides is 2. The highest BCUT2D eigenvalue weighted by Crippen LogP contribution is 2.33. The third-order valence-corrected chi connectivity index (χ3v) is 6.18. The predicted molar refractivity (Wildman–Crippen MR) is 150 cm³/mol. The molecule has 11 nitrogen and oxygen atoms in total. The Balaban J connectivity index is 1.65. The minimum Gasteiger partial charge on any atom is -0.497 e. The normalized spacial score (nSPS) is 11.1. The molecule has 2 aromatic heterocycles. The summed E-state index contributed by atoms with van der Waals surface area (Å²) in [5, 5.41) is 13.8. The zero-order valence-electron chi connectivity index (χ0n) is 23.5. The van der Waals surface area contributed by atoms with Gasteiger partial charge in [0.2, 0.25) is 0 Å². The summed E-state index contributed by atoms with van der Waals surface area (Å²) in [4.78, 5) is 29.4. The summed E-state index contributed by atoms with van der Waals surface area (Å²) in [5.41, 5.74) is 2.69.